The maximum absolute atomic E-state index is 11.8. The molecule has 0 spiro atoms. The van der Waals surface area contributed by atoms with Crippen molar-refractivity contribution in [1.29, 1.82) is 0 Å². The number of rotatable bonds is 7. The molecule has 109 valence electrons. The van der Waals surface area contributed by atoms with E-state index in [1.54, 1.807) is 24.3 Å². The fourth-order valence-corrected chi connectivity index (χ4v) is 2.02. The highest BCUT2D eigenvalue weighted by molar-refractivity contribution is 5.89. The van der Waals surface area contributed by atoms with Crippen molar-refractivity contribution in [3.8, 4) is 5.75 Å². The van der Waals surface area contributed by atoms with Crippen molar-refractivity contribution in [3.63, 3.8) is 0 Å². The van der Waals surface area contributed by atoms with Crippen LogP contribution in [0.5, 0.6) is 5.75 Å². The van der Waals surface area contributed by atoms with Crippen LogP contribution in [0.4, 0.5) is 0 Å². The van der Waals surface area contributed by atoms with E-state index in [1.165, 1.54) is 0 Å². The molecule has 20 heavy (non-hydrogen) atoms. The first-order valence-electron chi connectivity index (χ1n) is 7.26. The molecular formula is C16H21O4. The average Bonchev–Trinajstić information content (AvgIpc) is 2.99. The van der Waals surface area contributed by atoms with Crippen molar-refractivity contribution in [2.45, 2.75) is 45.4 Å². The number of hydrogen-bond acceptors (Lipinski definition) is 4. The lowest BCUT2D eigenvalue weighted by Gasteiger charge is -2.08. The Kier molecular flexibility index (Phi) is 5.87. The van der Waals surface area contributed by atoms with Gasteiger partial charge < -0.3 is 4.74 Å². The lowest BCUT2D eigenvalue weighted by atomic mass is 10.2. The van der Waals surface area contributed by atoms with Gasteiger partial charge >= 0.3 is 5.97 Å². The third-order valence-electron chi connectivity index (χ3n) is 3.25. The fraction of sp³-hybridized carbons (Fsp3) is 0.500. The predicted molar refractivity (Wildman–Crippen MR) is 75.1 cm³/mol. The summed E-state index contributed by atoms with van der Waals surface area (Å²) >= 11 is 0. The first kappa shape index (κ1) is 14.9. The molecule has 0 amide bonds. The summed E-state index contributed by atoms with van der Waals surface area (Å²) in [7, 11) is 0. The molecule has 1 aromatic rings. The SMILES string of the molecule is CCCCOc1ccc(C(=O)OO[C]2CCCC2)cc1. The van der Waals surface area contributed by atoms with E-state index in [0.29, 0.717) is 12.2 Å². The van der Waals surface area contributed by atoms with Gasteiger partial charge in [0.15, 0.2) is 0 Å². The molecule has 0 unspecified atom stereocenters. The summed E-state index contributed by atoms with van der Waals surface area (Å²) in [5, 5.41) is 0. The maximum atomic E-state index is 11.8. The van der Waals surface area contributed by atoms with Crippen LogP contribution in [0, 0.1) is 6.10 Å². The Morgan fingerprint density at radius 3 is 2.50 bits per heavy atom. The van der Waals surface area contributed by atoms with Gasteiger partial charge in [0.1, 0.15) is 11.9 Å². The van der Waals surface area contributed by atoms with Crippen LogP contribution >= 0.6 is 0 Å². The normalized spacial score (nSPS) is 15.2. The van der Waals surface area contributed by atoms with Crippen LogP contribution in [-0.2, 0) is 9.78 Å². The number of benzene rings is 1. The first-order valence-corrected chi connectivity index (χ1v) is 7.26. The molecular weight excluding hydrogens is 256 g/mol. The van der Waals surface area contributed by atoms with Gasteiger partial charge in [-0.2, -0.15) is 4.89 Å². The molecule has 0 heterocycles. The Bertz CT molecular complexity index is 407. The van der Waals surface area contributed by atoms with Gasteiger partial charge in [-0.05, 0) is 43.5 Å². The largest absolute Gasteiger partial charge is 0.494 e. The number of unbranched alkanes of at least 4 members (excludes halogenated alkanes) is 1. The molecule has 0 saturated heterocycles. The van der Waals surface area contributed by atoms with Gasteiger partial charge in [0, 0.05) is 0 Å². The van der Waals surface area contributed by atoms with Gasteiger partial charge in [0.2, 0.25) is 0 Å². The van der Waals surface area contributed by atoms with E-state index in [4.69, 9.17) is 14.5 Å². The Hall–Kier alpha value is -1.55. The van der Waals surface area contributed by atoms with E-state index in [1.807, 2.05) is 0 Å². The minimum Gasteiger partial charge on any atom is -0.494 e. The van der Waals surface area contributed by atoms with Gasteiger partial charge in [0.05, 0.1) is 12.2 Å². The van der Waals surface area contributed by atoms with Crippen LogP contribution in [0.3, 0.4) is 0 Å². The lowest BCUT2D eigenvalue weighted by Crippen LogP contribution is -2.08. The Balaban J connectivity index is 1.77. The Morgan fingerprint density at radius 2 is 1.85 bits per heavy atom. The Labute approximate surface area is 120 Å². The number of ether oxygens (including phenoxy) is 1. The highest BCUT2D eigenvalue weighted by Gasteiger charge is 2.20. The predicted octanol–water partition coefficient (Wildman–Crippen LogP) is 4.06. The Morgan fingerprint density at radius 1 is 1.15 bits per heavy atom. The molecule has 0 aliphatic heterocycles. The summed E-state index contributed by atoms with van der Waals surface area (Å²) in [5.41, 5.74) is 0.464. The monoisotopic (exact) mass is 277 g/mol. The van der Waals surface area contributed by atoms with Crippen molar-refractivity contribution >= 4 is 5.97 Å². The van der Waals surface area contributed by atoms with Crippen LogP contribution in [0.15, 0.2) is 24.3 Å². The van der Waals surface area contributed by atoms with Gasteiger partial charge in [0.25, 0.3) is 0 Å². The minimum absolute atomic E-state index is 0.464. The molecule has 1 aliphatic rings. The molecule has 0 bridgehead atoms. The summed E-state index contributed by atoms with van der Waals surface area (Å²) in [6.07, 6.45) is 6.97. The topological polar surface area (TPSA) is 44.8 Å². The second kappa shape index (κ2) is 7.90. The van der Waals surface area contributed by atoms with Crippen molar-refractivity contribution in [2.24, 2.45) is 0 Å². The van der Waals surface area contributed by atoms with E-state index in [0.717, 1.165) is 50.4 Å². The molecule has 4 heteroatoms. The number of carbonyl (C=O) groups excluding carboxylic acids is 1. The van der Waals surface area contributed by atoms with E-state index >= 15 is 0 Å². The van der Waals surface area contributed by atoms with Crippen molar-refractivity contribution in [3.05, 3.63) is 35.9 Å². The van der Waals surface area contributed by atoms with E-state index in [-0.39, 0.29) is 0 Å². The third kappa shape index (κ3) is 4.53. The molecule has 4 nitrogen and oxygen atoms in total. The summed E-state index contributed by atoms with van der Waals surface area (Å²) < 4.78 is 5.53. The zero-order valence-corrected chi connectivity index (χ0v) is 11.9. The van der Waals surface area contributed by atoms with Crippen LogP contribution in [0.25, 0.3) is 0 Å². The van der Waals surface area contributed by atoms with Crippen LogP contribution in [0.1, 0.15) is 55.8 Å². The van der Waals surface area contributed by atoms with Crippen molar-refractivity contribution in [1.82, 2.24) is 0 Å². The van der Waals surface area contributed by atoms with Crippen LogP contribution < -0.4 is 4.74 Å². The number of carbonyl (C=O) groups is 1. The minimum atomic E-state index is -0.468. The average molecular weight is 277 g/mol. The summed E-state index contributed by atoms with van der Waals surface area (Å²) in [6.45, 7) is 2.81. The molecule has 1 saturated carbocycles. The molecule has 1 radical (unpaired) electrons. The highest BCUT2D eigenvalue weighted by atomic mass is 17.2. The standard InChI is InChI=1S/C16H21O4/c1-2-3-12-18-14-10-8-13(9-11-14)16(17)20-19-15-6-4-5-7-15/h8-11H,2-7,12H2,1H3. The van der Waals surface area contributed by atoms with E-state index in [2.05, 4.69) is 6.92 Å². The summed E-state index contributed by atoms with van der Waals surface area (Å²) in [6, 6.07) is 6.92. The van der Waals surface area contributed by atoms with Crippen molar-refractivity contribution in [2.75, 3.05) is 6.61 Å². The zero-order valence-electron chi connectivity index (χ0n) is 11.9. The summed E-state index contributed by atoms with van der Waals surface area (Å²) in [5.74, 6) is 0.297. The van der Waals surface area contributed by atoms with Crippen molar-refractivity contribution < 1.29 is 19.3 Å². The van der Waals surface area contributed by atoms with Crippen LogP contribution in [-0.4, -0.2) is 12.6 Å². The van der Waals surface area contributed by atoms with Gasteiger partial charge in [-0.25, -0.2) is 4.79 Å². The fourth-order valence-electron chi connectivity index (χ4n) is 2.02. The second-order valence-electron chi connectivity index (χ2n) is 4.93. The molecule has 0 N–H and O–H groups in total. The smallest absolute Gasteiger partial charge is 0.373 e. The summed E-state index contributed by atoms with van der Waals surface area (Å²) in [4.78, 5) is 21.7. The van der Waals surface area contributed by atoms with Crippen LogP contribution in [0.2, 0.25) is 0 Å². The molecule has 1 aliphatic carbocycles. The lowest BCUT2D eigenvalue weighted by molar-refractivity contribution is -0.234. The molecule has 1 aromatic carbocycles. The van der Waals surface area contributed by atoms with Gasteiger partial charge in [-0.15, -0.1) is 0 Å². The molecule has 0 aromatic heterocycles. The molecule has 2 rings (SSSR count). The molecule has 1 fully saturated rings. The number of hydrogen-bond donors (Lipinski definition) is 0. The second-order valence-corrected chi connectivity index (χ2v) is 4.93. The third-order valence-corrected chi connectivity index (χ3v) is 3.25. The van der Waals surface area contributed by atoms with Gasteiger partial charge in [-0.1, -0.05) is 26.2 Å². The maximum Gasteiger partial charge on any atom is 0.373 e. The molecule has 0 atom stereocenters. The van der Waals surface area contributed by atoms with E-state index < -0.39 is 5.97 Å². The van der Waals surface area contributed by atoms with Gasteiger partial charge in [-0.3, -0.25) is 4.89 Å². The van der Waals surface area contributed by atoms with E-state index in [9.17, 15) is 4.79 Å². The first-order chi connectivity index (χ1) is 9.79. The highest BCUT2D eigenvalue weighted by Crippen LogP contribution is 2.28. The zero-order chi connectivity index (χ0) is 14.2. The quantitative estimate of drug-likeness (QED) is 0.428.